The third-order valence-electron chi connectivity index (χ3n) is 5.90. The second kappa shape index (κ2) is 9.49. The highest BCUT2D eigenvalue weighted by atomic mass is 35.5. The van der Waals surface area contributed by atoms with Gasteiger partial charge in [-0.1, -0.05) is 54.1 Å². The van der Waals surface area contributed by atoms with Gasteiger partial charge < -0.3 is 0 Å². The molecular formula is C27H23ClN4OS. The fourth-order valence-corrected chi connectivity index (χ4v) is 4.71. The molecule has 34 heavy (non-hydrogen) atoms. The van der Waals surface area contributed by atoms with Crippen LogP contribution >= 0.6 is 23.4 Å². The summed E-state index contributed by atoms with van der Waals surface area (Å²) in [6, 6.07) is 25.7. The normalized spacial score (nSPS) is 15.4. The van der Waals surface area contributed by atoms with Crippen LogP contribution in [0.4, 0.5) is 0 Å². The zero-order chi connectivity index (χ0) is 23.7. The van der Waals surface area contributed by atoms with E-state index in [1.54, 1.807) is 23.7 Å². The van der Waals surface area contributed by atoms with Crippen LogP contribution in [0.1, 0.15) is 30.5 Å². The molecule has 1 amide bonds. The van der Waals surface area contributed by atoms with Crippen molar-refractivity contribution in [2.75, 3.05) is 6.26 Å². The van der Waals surface area contributed by atoms with E-state index in [4.69, 9.17) is 21.8 Å². The van der Waals surface area contributed by atoms with Crippen LogP contribution in [0.3, 0.4) is 0 Å². The summed E-state index contributed by atoms with van der Waals surface area (Å²) in [7, 11) is 0. The quantitative estimate of drug-likeness (QED) is 0.298. The number of carbonyl (C=O) groups is 1. The highest BCUT2D eigenvalue weighted by molar-refractivity contribution is 7.98. The molecule has 7 heteroatoms. The average molecular weight is 487 g/mol. The summed E-state index contributed by atoms with van der Waals surface area (Å²) in [5, 5.41) is 11.9. The van der Waals surface area contributed by atoms with Crippen molar-refractivity contribution in [2.45, 2.75) is 24.3 Å². The molecule has 5 rings (SSSR count). The minimum Gasteiger partial charge on any atom is -0.273 e. The van der Waals surface area contributed by atoms with Crippen molar-refractivity contribution >= 4 is 35.0 Å². The highest BCUT2D eigenvalue weighted by Crippen LogP contribution is 2.38. The second-order valence-corrected chi connectivity index (χ2v) is 9.39. The molecule has 1 aliphatic rings. The van der Waals surface area contributed by atoms with Gasteiger partial charge in [-0.15, -0.1) is 11.8 Å². The van der Waals surface area contributed by atoms with E-state index in [9.17, 15) is 4.79 Å². The minimum absolute atomic E-state index is 0.106. The third-order valence-corrected chi connectivity index (χ3v) is 6.89. The fourth-order valence-electron chi connectivity index (χ4n) is 4.18. The Bertz CT molecular complexity index is 1350. The largest absolute Gasteiger partial charge is 0.273 e. The number of hydrazone groups is 1. The Morgan fingerprint density at radius 3 is 2.29 bits per heavy atom. The molecule has 3 aromatic carbocycles. The minimum atomic E-state index is -0.254. The summed E-state index contributed by atoms with van der Waals surface area (Å²) < 4.78 is 1.88. The van der Waals surface area contributed by atoms with E-state index < -0.39 is 0 Å². The lowest BCUT2D eigenvalue weighted by molar-refractivity contribution is -0.130. The lowest BCUT2D eigenvalue weighted by Crippen LogP contribution is -2.24. The molecular weight excluding hydrogens is 464 g/mol. The molecule has 0 bridgehead atoms. The molecule has 0 aliphatic carbocycles. The Hall–Kier alpha value is -3.35. The van der Waals surface area contributed by atoms with Gasteiger partial charge >= 0.3 is 0 Å². The number of aromatic nitrogens is 2. The first kappa shape index (κ1) is 22.4. The van der Waals surface area contributed by atoms with Gasteiger partial charge in [0.05, 0.1) is 23.1 Å². The van der Waals surface area contributed by atoms with Gasteiger partial charge in [0.1, 0.15) is 0 Å². The number of carbonyl (C=O) groups excluding carboxylic acids is 1. The van der Waals surface area contributed by atoms with E-state index in [0.717, 1.165) is 33.8 Å². The van der Waals surface area contributed by atoms with Gasteiger partial charge in [0.2, 0.25) is 5.91 Å². The Labute approximate surface area is 208 Å². The van der Waals surface area contributed by atoms with Crippen molar-refractivity contribution in [1.82, 2.24) is 14.8 Å². The van der Waals surface area contributed by atoms with Crippen LogP contribution in [0, 0.1) is 0 Å². The fraction of sp³-hybridized carbons (Fsp3) is 0.148. The third kappa shape index (κ3) is 4.39. The van der Waals surface area contributed by atoms with E-state index >= 15 is 0 Å². The van der Waals surface area contributed by atoms with Crippen molar-refractivity contribution in [3.63, 3.8) is 0 Å². The SMILES string of the molecule is CSc1ccc(-c2nn(-c3ccccc3)cc2C2CC(c3ccc(Cl)cc3)=NN2C(C)=O)cc1. The first-order valence-corrected chi connectivity index (χ1v) is 12.6. The van der Waals surface area contributed by atoms with E-state index in [1.807, 2.05) is 65.5 Å². The predicted octanol–water partition coefficient (Wildman–Crippen LogP) is 6.61. The van der Waals surface area contributed by atoms with Crippen LogP contribution in [0.15, 0.2) is 95.1 Å². The number of benzene rings is 3. The Balaban J connectivity index is 1.60. The summed E-state index contributed by atoms with van der Waals surface area (Å²) >= 11 is 7.78. The smallest absolute Gasteiger partial charge is 0.240 e. The summed E-state index contributed by atoms with van der Waals surface area (Å²) in [6.07, 6.45) is 4.68. The van der Waals surface area contributed by atoms with Gasteiger partial charge in [-0.2, -0.15) is 10.2 Å². The number of halogens is 1. The second-order valence-electron chi connectivity index (χ2n) is 8.08. The summed E-state index contributed by atoms with van der Waals surface area (Å²) in [5.41, 5.74) is 5.59. The van der Waals surface area contributed by atoms with Gasteiger partial charge in [0, 0.05) is 40.6 Å². The van der Waals surface area contributed by atoms with Crippen LogP contribution in [-0.2, 0) is 4.79 Å². The molecule has 0 saturated heterocycles. The molecule has 0 spiro atoms. The van der Waals surface area contributed by atoms with Gasteiger partial charge in [-0.25, -0.2) is 9.69 Å². The van der Waals surface area contributed by atoms with Crippen molar-refractivity contribution in [2.24, 2.45) is 5.10 Å². The number of hydrogen-bond donors (Lipinski definition) is 0. The summed E-state index contributed by atoms with van der Waals surface area (Å²) in [4.78, 5) is 13.8. The van der Waals surface area contributed by atoms with E-state index in [1.165, 1.54) is 4.90 Å². The molecule has 4 aromatic rings. The topological polar surface area (TPSA) is 50.5 Å². The molecule has 0 fully saturated rings. The van der Waals surface area contributed by atoms with Crippen molar-refractivity contribution < 1.29 is 4.79 Å². The zero-order valence-corrected chi connectivity index (χ0v) is 20.4. The van der Waals surface area contributed by atoms with Gasteiger partial charge in [-0.05, 0) is 48.2 Å². The van der Waals surface area contributed by atoms with Crippen LogP contribution in [-0.4, -0.2) is 32.7 Å². The van der Waals surface area contributed by atoms with E-state index in [0.29, 0.717) is 11.4 Å². The highest BCUT2D eigenvalue weighted by Gasteiger charge is 2.34. The van der Waals surface area contributed by atoms with Gasteiger partial charge in [0.15, 0.2) is 0 Å². The van der Waals surface area contributed by atoms with Gasteiger partial charge in [0.25, 0.3) is 0 Å². The Morgan fingerprint density at radius 2 is 1.65 bits per heavy atom. The maximum absolute atomic E-state index is 12.6. The van der Waals surface area contributed by atoms with Crippen molar-refractivity contribution in [1.29, 1.82) is 0 Å². The molecule has 5 nitrogen and oxygen atoms in total. The number of rotatable bonds is 5. The number of para-hydroxylation sites is 1. The summed E-state index contributed by atoms with van der Waals surface area (Å²) in [5.74, 6) is -0.106. The molecule has 0 saturated carbocycles. The van der Waals surface area contributed by atoms with Crippen LogP contribution < -0.4 is 0 Å². The zero-order valence-electron chi connectivity index (χ0n) is 18.9. The molecule has 170 valence electrons. The van der Waals surface area contributed by atoms with E-state index in [-0.39, 0.29) is 11.9 Å². The maximum Gasteiger partial charge on any atom is 0.240 e. The molecule has 1 unspecified atom stereocenters. The first-order valence-electron chi connectivity index (χ1n) is 11.0. The molecule has 1 aromatic heterocycles. The molecule has 2 heterocycles. The standard InChI is InChI=1S/C27H23ClN4OS/c1-18(33)32-26(16-25(29-32)19-8-12-21(28)13-9-19)24-17-31(22-6-4-3-5-7-22)30-27(24)20-10-14-23(34-2)15-11-20/h3-15,17,26H,16H2,1-2H3. The van der Waals surface area contributed by atoms with Crippen LogP contribution in [0.25, 0.3) is 16.9 Å². The number of thioether (sulfide) groups is 1. The van der Waals surface area contributed by atoms with E-state index in [2.05, 4.69) is 30.5 Å². The van der Waals surface area contributed by atoms with Gasteiger partial charge in [-0.3, -0.25) is 4.79 Å². The van der Waals surface area contributed by atoms with Crippen molar-refractivity contribution in [3.05, 3.63) is 101 Å². The Kier molecular flexibility index (Phi) is 6.26. The van der Waals surface area contributed by atoms with Crippen molar-refractivity contribution in [3.8, 4) is 16.9 Å². The average Bonchev–Trinajstić information content (AvgIpc) is 3.50. The number of hydrogen-bond acceptors (Lipinski definition) is 4. The summed E-state index contributed by atoms with van der Waals surface area (Å²) in [6.45, 7) is 1.55. The first-order chi connectivity index (χ1) is 16.5. The lowest BCUT2D eigenvalue weighted by atomic mass is 9.96. The van der Waals surface area contributed by atoms with Crippen LogP contribution in [0.5, 0.6) is 0 Å². The van der Waals surface area contributed by atoms with Crippen LogP contribution in [0.2, 0.25) is 5.02 Å². The molecule has 1 aliphatic heterocycles. The molecule has 0 radical (unpaired) electrons. The lowest BCUT2D eigenvalue weighted by Gasteiger charge is -2.20. The number of amides is 1. The maximum atomic E-state index is 12.6. The monoisotopic (exact) mass is 486 g/mol. The number of nitrogens with zero attached hydrogens (tertiary/aromatic N) is 4. The molecule has 0 N–H and O–H groups in total. The predicted molar refractivity (Wildman–Crippen MR) is 139 cm³/mol. The molecule has 1 atom stereocenters. The Morgan fingerprint density at radius 1 is 0.971 bits per heavy atom.